The second-order valence-corrected chi connectivity index (χ2v) is 5.81. The van der Waals surface area contributed by atoms with Gasteiger partial charge in [0.05, 0.1) is 5.41 Å². The Morgan fingerprint density at radius 3 is 2.67 bits per heavy atom. The van der Waals surface area contributed by atoms with E-state index in [1.807, 2.05) is 0 Å². The Balaban J connectivity index is 1.98. The average molecular weight is 253 g/mol. The van der Waals surface area contributed by atoms with Gasteiger partial charge in [0.15, 0.2) is 0 Å². The highest BCUT2D eigenvalue weighted by Crippen LogP contribution is 2.30. The van der Waals surface area contributed by atoms with Crippen molar-refractivity contribution in [3.63, 3.8) is 0 Å². The summed E-state index contributed by atoms with van der Waals surface area (Å²) in [4.78, 5) is 15.0. The first-order valence-electron chi connectivity index (χ1n) is 7.42. The first-order chi connectivity index (χ1) is 8.66. The van der Waals surface area contributed by atoms with Crippen LogP contribution in [-0.4, -0.2) is 42.5 Å². The van der Waals surface area contributed by atoms with E-state index in [4.69, 9.17) is 5.73 Å². The summed E-state index contributed by atoms with van der Waals surface area (Å²) < 4.78 is 0. The van der Waals surface area contributed by atoms with Gasteiger partial charge in [0.1, 0.15) is 0 Å². The minimum absolute atomic E-state index is 0.175. The first-order valence-corrected chi connectivity index (χ1v) is 7.42. The fourth-order valence-electron chi connectivity index (χ4n) is 3.52. The van der Waals surface area contributed by atoms with Gasteiger partial charge in [-0.05, 0) is 38.6 Å². The van der Waals surface area contributed by atoms with Gasteiger partial charge < -0.3 is 11.1 Å². The molecule has 0 spiro atoms. The van der Waals surface area contributed by atoms with Gasteiger partial charge in [-0.15, -0.1) is 0 Å². The van der Waals surface area contributed by atoms with Crippen LogP contribution in [0.5, 0.6) is 0 Å². The zero-order valence-corrected chi connectivity index (χ0v) is 11.7. The number of nitrogens with zero attached hydrogens (tertiary/aromatic N) is 1. The number of carbonyl (C=O) groups excluding carboxylic acids is 1. The summed E-state index contributed by atoms with van der Waals surface area (Å²) in [5, 5.41) is 3.28. The van der Waals surface area contributed by atoms with Crippen LogP contribution in [0.1, 0.15) is 46.0 Å². The zero-order chi connectivity index (χ0) is 13.2. The molecular weight excluding hydrogens is 226 g/mol. The summed E-state index contributed by atoms with van der Waals surface area (Å²) in [6, 6.07) is 0.933. The second-order valence-electron chi connectivity index (χ2n) is 5.81. The lowest BCUT2D eigenvalue weighted by molar-refractivity contribution is -0.131. The molecule has 2 aliphatic heterocycles. The van der Waals surface area contributed by atoms with Crippen molar-refractivity contribution >= 4 is 5.91 Å². The molecule has 104 valence electrons. The van der Waals surface area contributed by atoms with Crippen molar-refractivity contribution < 1.29 is 4.79 Å². The Hall–Kier alpha value is -0.610. The van der Waals surface area contributed by atoms with Gasteiger partial charge in [0.2, 0.25) is 5.91 Å². The minimum Gasteiger partial charge on any atom is -0.351 e. The summed E-state index contributed by atoms with van der Waals surface area (Å²) in [5.41, 5.74) is 5.48. The number of fused-ring (bicyclic) bond motifs is 1. The van der Waals surface area contributed by atoms with Gasteiger partial charge in [-0.25, -0.2) is 0 Å². The third-order valence-electron chi connectivity index (χ3n) is 5.15. The van der Waals surface area contributed by atoms with E-state index in [9.17, 15) is 4.79 Å². The van der Waals surface area contributed by atoms with Crippen molar-refractivity contribution in [2.75, 3.05) is 19.6 Å². The third kappa shape index (κ3) is 2.28. The van der Waals surface area contributed by atoms with E-state index in [-0.39, 0.29) is 11.3 Å². The molecule has 2 unspecified atom stereocenters. The summed E-state index contributed by atoms with van der Waals surface area (Å²) in [7, 11) is 0. The monoisotopic (exact) mass is 253 g/mol. The molecular formula is C14H27N3O. The van der Waals surface area contributed by atoms with Crippen molar-refractivity contribution in [1.29, 1.82) is 0 Å². The normalized spacial score (nSPS) is 28.4. The van der Waals surface area contributed by atoms with Crippen LogP contribution in [0.2, 0.25) is 0 Å². The van der Waals surface area contributed by atoms with Crippen LogP contribution in [0.25, 0.3) is 0 Å². The van der Waals surface area contributed by atoms with E-state index in [0.717, 1.165) is 25.8 Å². The zero-order valence-electron chi connectivity index (χ0n) is 11.7. The summed E-state index contributed by atoms with van der Waals surface area (Å²) >= 11 is 0. The minimum atomic E-state index is -0.355. The second kappa shape index (κ2) is 5.57. The average Bonchev–Trinajstić information content (AvgIpc) is 2.97. The number of nitrogens with two attached hydrogens (primary N) is 1. The van der Waals surface area contributed by atoms with Gasteiger partial charge in [0, 0.05) is 25.2 Å². The lowest BCUT2D eigenvalue weighted by Gasteiger charge is -2.31. The van der Waals surface area contributed by atoms with Crippen molar-refractivity contribution in [2.24, 2.45) is 11.1 Å². The van der Waals surface area contributed by atoms with E-state index >= 15 is 0 Å². The summed E-state index contributed by atoms with van der Waals surface area (Å²) in [5.74, 6) is 0.175. The van der Waals surface area contributed by atoms with Gasteiger partial charge in [-0.1, -0.05) is 13.8 Å². The van der Waals surface area contributed by atoms with Crippen LogP contribution in [0.15, 0.2) is 0 Å². The maximum Gasteiger partial charge on any atom is 0.227 e. The molecule has 0 aromatic heterocycles. The predicted molar refractivity (Wildman–Crippen MR) is 73.2 cm³/mol. The lowest BCUT2D eigenvalue weighted by Crippen LogP contribution is -2.51. The molecule has 2 atom stereocenters. The largest absolute Gasteiger partial charge is 0.351 e. The SMILES string of the molecule is CCC(CC)(CN)C(=O)NC1CCN2CCCC12. The fraction of sp³-hybridized carbons (Fsp3) is 0.929. The third-order valence-corrected chi connectivity index (χ3v) is 5.15. The highest BCUT2D eigenvalue weighted by atomic mass is 16.2. The van der Waals surface area contributed by atoms with Crippen LogP contribution < -0.4 is 11.1 Å². The molecule has 0 saturated carbocycles. The highest BCUT2D eigenvalue weighted by Gasteiger charge is 2.41. The molecule has 4 nitrogen and oxygen atoms in total. The maximum absolute atomic E-state index is 12.5. The van der Waals surface area contributed by atoms with Gasteiger partial charge >= 0.3 is 0 Å². The summed E-state index contributed by atoms with van der Waals surface area (Å²) in [6.07, 6.45) is 5.27. The van der Waals surface area contributed by atoms with Crippen LogP contribution in [0.3, 0.4) is 0 Å². The van der Waals surface area contributed by atoms with E-state index < -0.39 is 0 Å². The van der Waals surface area contributed by atoms with Gasteiger partial charge in [-0.2, -0.15) is 0 Å². The molecule has 2 heterocycles. The van der Waals surface area contributed by atoms with Gasteiger partial charge in [0.25, 0.3) is 0 Å². The number of amides is 1. The van der Waals surface area contributed by atoms with Crippen molar-refractivity contribution in [1.82, 2.24) is 10.2 Å². The van der Waals surface area contributed by atoms with Crippen LogP contribution in [0.4, 0.5) is 0 Å². The standard InChI is InChI=1S/C14H27N3O/c1-3-14(4-2,10-15)13(18)16-11-7-9-17-8-5-6-12(11)17/h11-12H,3-10,15H2,1-2H3,(H,16,18). The molecule has 0 bridgehead atoms. The highest BCUT2D eigenvalue weighted by molar-refractivity contribution is 5.83. The Kier molecular flexibility index (Phi) is 4.28. The molecule has 0 aliphatic carbocycles. The van der Waals surface area contributed by atoms with Crippen molar-refractivity contribution in [3.8, 4) is 0 Å². The molecule has 3 N–H and O–H groups in total. The molecule has 2 fully saturated rings. The van der Waals surface area contributed by atoms with E-state index in [2.05, 4.69) is 24.1 Å². The van der Waals surface area contributed by atoms with E-state index in [1.165, 1.54) is 19.4 Å². The fourth-order valence-corrected chi connectivity index (χ4v) is 3.52. The Morgan fingerprint density at radius 1 is 1.33 bits per heavy atom. The number of hydrogen-bond donors (Lipinski definition) is 2. The van der Waals surface area contributed by atoms with E-state index in [1.54, 1.807) is 0 Å². The lowest BCUT2D eigenvalue weighted by atomic mass is 9.81. The summed E-state index contributed by atoms with van der Waals surface area (Å²) in [6.45, 7) is 6.93. The Bertz CT molecular complexity index is 293. The van der Waals surface area contributed by atoms with Gasteiger partial charge in [-0.3, -0.25) is 9.69 Å². The number of hydrogen-bond acceptors (Lipinski definition) is 3. The number of nitrogens with one attached hydrogen (secondary N) is 1. The van der Waals surface area contributed by atoms with E-state index in [0.29, 0.717) is 18.6 Å². The molecule has 0 aromatic rings. The predicted octanol–water partition coefficient (Wildman–Crippen LogP) is 1.10. The number of carbonyl (C=O) groups is 1. The first kappa shape index (κ1) is 13.8. The molecule has 18 heavy (non-hydrogen) atoms. The molecule has 1 amide bonds. The van der Waals surface area contributed by atoms with Crippen LogP contribution >= 0.6 is 0 Å². The topological polar surface area (TPSA) is 58.4 Å². The van der Waals surface area contributed by atoms with Crippen LogP contribution in [0, 0.1) is 5.41 Å². The molecule has 2 rings (SSSR count). The molecule has 2 saturated heterocycles. The number of rotatable bonds is 5. The molecule has 0 aromatic carbocycles. The molecule has 0 radical (unpaired) electrons. The Labute approximate surface area is 110 Å². The Morgan fingerprint density at radius 2 is 2.06 bits per heavy atom. The molecule has 4 heteroatoms. The smallest absolute Gasteiger partial charge is 0.227 e. The van der Waals surface area contributed by atoms with Crippen molar-refractivity contribution in [2.45, 2.75) is 58.0 Å². The van der Waals surface area contributed by atoms with Crippen molar-refractivity contribution in [3.05, 3.63) is 0 Å². The molecule has 2 aliphatic rings. The quantitative estimate of drug-likeness (QED) is 0.771. The maximum atomic E-state index is 12.5. The van der Waals surface area contributed by atoms with Crippen LogP contribution in [-0.2, 0) is 4.79 Å².